The van der Waals surface area contributed by atoms with Crippen LogP contribution in [-0.2, 0) is 14.9 Å². The third kappa shape index (κ3) is 3.90. The zero-order valence-electron chi connectivity index (χ0n) is 13.0. The number of nitrogens with zero attached hydrogens (tertiary/aromatic N) is 1. The fourth-order valence-corrected chi connectivity index (χ4v) is 3.04. The number of benzene rings is 2. The van der Waals surface area contributed by atoms with E-state index in [0.29, 0.717) is 12.1 Å². The second-order valence-corrected chi connectivity index (χ2v) is 7.45. The van der Waals surface area contributed by atoms with Crippen LogP contribution in [0, 0.1) is 6.92 Å². The molecule has 2 aromatic rings. The molecule has 0 unspecified atom stereocenters. The quantitative estimate of drug-likeness (QED) is 0.936. The molecule has 1 aliphatic rings. The zero-order chi connectivity index (χ0) is 16.4. The molecule has 0 radical (unpaired) electrons. The van der Waals surface area contributed by atoms with E-state index in [2.05, 4.69) is 9.88 Å². The van der Waals surface area contributed by atoms with Gasteiger partial charge in [-0.25, -0.2) is 8.42 Å². The predicted molar refractivity (Wildman–Crippen MR) is 91.1 cm³/mol. The molecule has 0 spiro atoms. The van der Waals surface area contributed by atoms with Gasteiger partial charge < -0.3 is 4.84 Å². The lowest BCUT2D eigenvalue weighted by atomic mass is 9.99. The summed E-state index contributed by atoms with van der Waals surface area (Å²) >= 11 is 0. The summed E-state index contributed by atoms with van der Waals surface area (Å²) in [7, 11) is -3.30. The van der Waals surface area contributed by atoms with Crippen molar-refractivity contribution >= 4 is 21.4 Å². The van der Waals surface area contributed by atoms with E-state index in [9.17, 15) is 8.42 Å². The van der Waals surface area contributed by atoms with Gasteiger partial charge in [-0.2, -0.15) is 0 Å². The summed E-state index contributed by atoms with van der Waals surface area (Å²) < 4.78 is 25.1. The average Bonchev–Trinajstić information content (AvgIpc) is 2.96. The molecule has 0 saturated heterocycles. The maximum absolute atomic E-state index is 11.3. The molecule has 1 atom stereocenters. The number of nitrogens with one attached hydrogen (secondary N) is 1. The highest BCUT2D eigenvalue weighted by atomic mass is 32.2. The van der Waals surface area contributed by atoms with Crippen molar-refractivity contribution in [2.45, 2.75) is 19.4 Å². The first-order valence-electron chi connectivity index (χ1n) is 7.28. The molecular weight excluding hydrogens is 312 g/mol. The SMILES string of the molecule is Cc1ccc([C@@H]2CC(c3cccc(NS(C)(=O)=O)c3)=NO2)cc1. The van der Waals surface area contributed by atoms with E-state index >= 15 is 0 Å². The van der Waals surface area contributed by atoms with E-state index in [4.69, 9.17) is 4.84 Å². The number of anilines is 1. The smallest absolute Gasteiger partial charge is 0.229 e. The highest BCUT2D eigenvalue weighted by molar-refractivity contribution is 7.92. The molecule has 0 amide bonds. The molecule has 5 nitrogen and oxygen atoms in total. The average molecular weight is 330 g/mol. The zero-order valence-corrected chi connectivity index (χ0v) is 13.8. The van der Waals surface area contributed by atoms with Crippen LogP contribution in [0.1, 0.15) is 29.2 Å². The second-order valence-electron chi connectivity index (χ2n) is 5.70. The molecule has 6 heteroatoms. The Labute approximate surface area is 136 Å². The largest absolute Gasteiger partial charge is 0.387 e. The number of hydrogen-bond acceptors (Lipinski definition) is 4. The van der Waals surface area contributed by atoms with Crippen LogP contribution in [0.5, 0.6) is 0 Å². The molecule has 120 valence electrons. The third-order valence-electron chi connectivity index (χ3n) is 3.62. The topological polar surface area (TPSA) is 67.8 Å². The second kappa shape index (κ2) is 6.04. The Bertz CT molecular complexity index is 842. The first-order chi connectivity index (χ1) is 10.9. The summed E-state index contributed by atoms with van der Waals surface area (Å²) in [5, 5.41) is 4.16. The van der Waals surface area contributed by atoms with Crippen LogP contribution >= 0.6 is 0 Å². The van der Waals surface area contributed by atoms with Crippen LogP contribution in [0.2, 0.25) is 0 Å². The van der Waals surface area contributed by atoms with Gasteiger partial charge in [0.25, 0.3) is 0 Å². The standard InChI is InChI=1S/C17H18N2O3S/c1-12-6-8-13(9-7-12)17-11-16(18-22-17)14-4-3-5-15(10-14)19-23(2,20)21/h3-10,17,19H,11H2,1-2H3/t17-/m0/s1. The van der Waals surface area contributed by atoms with Crippen LogP contribution in [-0.4, -0.2) is 20.4 Å². The summed E-state index contributed by atoms with van der Waals surface area (Å²) in [4.78, 5) is 5.54. The number of rotatable bonds is 4. The molecule has 0 bridgehead atoms. The molecule has 0 fully saturated rings. The fourth-order valence-electron chi connectivity index (χ4n) is 2.48. The van der Waals surface area contributed by atoms with E-state index < -0.39 is 10.0 Å². The number of oxime groups is 1. The minimum absolute atomic E-state index is 0.0999. The third-order valence-corrected chi connectivity index (χ3v) is 4.22. The first-order valence-corrected chi connectivity index (χ1v) is 9.17. The summed E-state index contributed by atoms with van der Waals surface area (Å²) in [6, 6.07) is 15.3. The normalized spacial score (nSPS) is 17.5. The van der Waals surface area contributed by atoms with Crippen LogP contribution in [0.25, 0.3) is 0 Å². The van der Waals surface area contributed by atoms with Gasteiger partial charge in [-0.3, -0.25) is 4.72 Å². The van der Waals surface area contributed by atoms with Gasteiger partial charge in [0.15, 0.2) is 6.10 Å². The van der Waals surface area contributed by atoms with Crippen molar-refractivity contribution in [1.82, 2.24) is 0 Å². The Morgan fingerprint density at radius 2 is 1.91 bits per heavy atom. The van der Waals surface area contributed by atoms with E-state index in [0.717, 1.165) is 23.1 Å². The van der Waals surface area contributed by atoms with Gasteiger partial charge in [0.05, 0.1) is 12.0 Å². The molecule has 0 saturated carbocycles. The minimum atomic E-state index is -3.30. The lowest BCUT2D eigenvalue weighted by Gasteiger charge is -2.09. The maximum Gasteiger partial charge on any atom is 0.229 e. The molecule has 0 aromatic heterocycles. The molecule has 1 heterocycles. The lowest BCUT2D eigenvalue weighted by molar-refractivity contribution is 0.0857. The van der Waals surface area contributed by atoms with Gasteiger partial charge >= 0.3 is 0 Å². The van der Waals surface area contributed by atoms with Gasteiger partial charge in [-0.15, -0.1) is 0 Å². The molecule has 2 aromatic carbocycles. The lowest BCUT2D eigenvalue weighted by Crippen LogP contribution is -2.10. The van der Waals surface area contributed by atoms with Gasteiger partial charge in [0.2, 0.25) is 10.0 Å². The molecule has 1 N–H and O–H groups in total. The number of aryl methyl sites for hydroxylation is 1. The maximum atomic E-state index is 11.3. The Kier molecular flexibility index (Phi) is 4.09. The van der Waals surface area contributed by atoms with Crippen molar-refractivity contribution < 1.29 is 13.3 Å². The Morgan fingerprint density at radius 1 is 1.17 bits per heavy atom. The highest BCUT2D eigenvalue weighted by Crippen LogP contribution is 2.30. The molecule has 0 aliphatic carbocycles. The van der Waals surface area contributed by atoms with Gasteiger partial charge in [0, 0.05) is 17.7 Å². The van der Waals surface area contributed by atoms with Crippen molar-refractivity contribution in [1.29, 1.82) is 0 Å². The van der Waals surface area contributed by atoms with Crippen molar-refractivity contribution in [2.75, 3.05) is 11.0 Å². The van der Waals surface area contributed by atoms with Gasteiger partial charge in [-0.1, -0.05) is 47.1 Å². The van der Waals surface area contributed by atoms with Crippen LogP contribution < -0.4 is 4.72 Å². The van der Waals surface area contributed by atoms with E-state index in [-0.39, 0.29) is 6.10 Å². The predicted octanol–water partition coefficient (Wildman–Crippen LogP) is 3.23. The summed E-state index contributed by atoms with van der Waals surface area (Å²) in [6.07, 6.45) is 1.69. The first kappa shape index (κ1) is 15.6. The van der Waals surface area contributed by atoms with Gasteiger partial charge in [0.1, 0.15) is 0 Å². The Hall–Kier alpha value is -2.34. The monoisotopic (exact) mass is 330 g/mol. The summed E-state index contributed by atoms with van der Waals surface area (Å²) in [6.45, 7) is 2.04. The molecule has 23 heavy (non-hydrogen) atoms. The number of sulfonamides is 1. The van der Waals surface area contributed by atoms with Crippen molar-refractivity contribution in [3.63, 3.8) is 0 Å². The Morgan fingerprint density at radius 3 is 2.61 bits per heavy atom. The van der Waals surface area contributed by atoms with E-state index in [1.54, 1.807) is 18.2 Å². The Balaban J connectivity index is 1.76. The van der Waals surface area contributed by atoms with Crippen LogP contribution in [0.15, 0.2) is 53.7 Å². The van der Waals surface area contributed by atoms with Crippen molar-refractivity contribution in [3.05, 3.63) is 65.2 Å². The van der Waals surface area contributed by atoms with Crippen LogP contribution in [0.4, 0.5) is 5.69 Å². The van der Waals surface area contributed by atoms with Gasteiger partial charge in [-0.05, 0) is 24.6 Å². The van der Waals surface area contributed by atoms with Crippen molar-refractivity contribution in [2.24, 2.45) is 5.16 Å². The fraction of sp³-hybridized carbons (Fsp3) is 0.235. The molecule has 3 rings (SSSR count). The minimum Gasteiger partial charge on any atom is -0.387 e. The highest BCUT2D eigenvalue weighted by Gasteiger charge is 2.24. The summed E-state index contributed by atoms with van der Waals surface area (Å²) in [5.74, 6) is 0. The van der Waals surface area contributed by atoms with Crippen molar-refractivity contribution in [3.8, 4) is 0 Å². The molecular formula is C17H18N2O3S. The van der Waals surface area contributed by atoms with E-state index in [1.807, 2.05) is 37.3 Å². The summed E-state index contributed by atoms with van der Waals surface area (Å²) in [5.41, 5.74) is 4.47. The number of hydrogen-bond donors (Lipinski definition) is 1. The van der Waals surface area contributed by atoms with E-state index in [1.165, 1.54) is 5.56 Å². The molecule has 1 aliphatic heterocycles. The van der Waals surface area contributed by atoms with Crippen LogP contribution in [0.3, 0.4) is 0 Å².